The van der Waals surface area contributed by atoms with Crippen molar-refractivity contribution in [2.45, 2.75) is 25.3 Å². The molecule has 5 heteroatoms. The zero-order chi connectivity index (χ0) is 13.6. The molecule has 20 heavy (non-hydrogen) atoms. The highest BCUT2D eigenvalue weighted by Crippen LogP contribution is 2.16. The van der Waals surface area contributed by atoms with Crippen LogP contribution in [0.4, 0.5) is 5.82 Å². The Balaban J connectivity index is 1.48. The molecule has 0 bridgehead atoms. The van der Waals surface area contributed by atoms with Gasteiger partial charge in [-0.3, -0.25) is 0 Å². The molecular weight excluding hydrogens is 268 g/mol. The van der Waals surface area contributed by atoms with Crippen molar-refractivity contribution in [3.05, 3.63) is 40.7 Å². The van der Waals surface area contributed by atoms with Crippen molar-refractivity contribution in [3.63, 3.8) is 0 Å². The standard InChI is InChI=1S/C15H20N4S/c1-6-15(18-17-8-1)19-10-2-4-13(12-19)16-9-7-14-5-3-11-20-14/h1,3,5-6,8,11,13,16H,2,4,7,9-10,12H2/t13-/m0/s1. The van der Waals surface area contributed by atoms with Crippen molar-refractivity contribution < 1.29 is 0 Å². The molecule has 0 aromatic carbocycles. The second-order valence-electron chi connectivity index (χ2n) is 5.15. The quantitative estimate of drug-likeness (QED) is 0.917. The molecule has 2 aromatic heterocycles. The van der Waals surface area contributed by atoms with Crippen molar-refractivity contribution in [2.24, 2.45) is 0 Å². The van der Waals surface area contributed by atoms with Gasteiger partial charge >= 0.3 is 0 Å². The van der Waals surface area contributed by atoms with Gasteiger partial charge in [0.2, 0.25) is 0 Å². The molecule has 106 valence electrons. The molecule has 0 amide bonds. The molecule has 0 spiro atoms. The number of hydrogen-bond acceptors (Lipinski definition) is 5. The average molecular weight is 288 g/mol. The first-order valence-electron chi connectivity index (χ1n) is 7.20. The molecule has 4 nitrogen and oxygen atoms in total. The van der Waals surface area contributed by atoms with E-state index in [2.05, 4.69) is 37.9 Å². The normalized spacial score (nSPS) is 19.2. The maximum Gasteiger partial charge on any atom is 0.151 e. The van der Waals surface area contributed by atoms with Gasteiger partial charge < -0.3 is 10.2 Å². The van der Waals surface area contributed by atoms with E-state index in [1.165, 1.54) is 17.7 Å². The number of nitrogens with zero attached hydrogens (tertiary/aromatic N) is 3. The van der Waals surface area contributed by atoms with Gasteiger partial charge in [-0.1, -0.05) is 6.07 Å². The van der Waals surface area contributed by atoms with Gasteiger partial charge in [-0.05, 0) is 42.8 Å². The largest absolute Gasteiger partial charge is 0.354 e. The van der Waals surface area contributed by atoms with Crippen LogP contribution in [-0.4, -0.2) is 35.9 Å². The van der Waals surface area contributed by atoms with Crippen molar-refractivity contribution in [1.82, 2.24) is 15.5 Å². The van der Waals surface area contributed by atoms with Crippen LogP contribution in [0.5, 0.6) is 0 Å². The molecule has 1 aliphatic rings. The second kappa shape index (κ2) is 6.81. The van der Waals surface area contributed by atoms with E-state index in [4.69, 9.17) is 0 Å². The maximum atomic E-state index is 4.21. The van der Waals surface area contributed by atoms with Gasteiger partial charge in [0.15, 0.2) is 5.82 Å². The molecule has 2 aromatic rings. The van der Waals surface area contributed by atoms with Gasteiger partial charge in [-0.2, -0.15) is 5.10 Å². The van der Waals surface area contributed by atoms with E-state index in [-0.39, 0.29) is 0 Å². The van der Waals surface area contributed by atoms with Gasteiger partial charge in [0, 0.05) is 36.8 Å². The number of nitrogens with one attached hydrogen (secondary N) is 1. The van der Waals surface area contributed by atoms with E-state index in [0.29, 0.717) is 6.04 Å². The Kier molecular flexibility index (Phi) is 4.61. The van der Waals surface area contributed by atoms with E-state index < -0.39 is 0 Å². The smallest absolute Gasteiger partial charge is 0.151 e. The van der Waals surface area contributed by atoms with Crippen LogP contribution in [-0.2, 0) is 6.42 Å². The molecule has 0 radical (unpaired) electrons. The van der Waals surface area contributed by atoms with E-state index in [9.17, 15) is 0 Å². The first-order valence-corrected chi connectivity index (χ1v) is 8.08. The van der Waals surface area contributed by atoms with Crippen molar-refractivity contribution in [1.29, 1.82) is 0 Å². The fourth-order valence-electron chi connectivity index (χ4n) is 2.67. The molecule has 1 fully saturated rings. The summed E-state index contributed by atoms with van der Waals surface area (Å²) >= 11 is 1.84. The van der Waals surface area contributed by atoms with E-state index in [1.54, 1.807) is 6.20 Å². The maximum absolute atomic E-state index is 4.21. The first kappa shape index (κ1) is 13.5. The van der Waals surface area contributed by atoms with Gasteiger partial charge in [0.1, 0.15) is 0 Å². The van der Waals surface area contributed by atoms with Crippen molar-refractivity contribution in [2.75, 3.05) is 24.5 Å². The molecule has 1 N–H and O–H groups in total. The highest BCUT2D eigenvalue weighted by atomic mass is 32.1. The summed E-state index contributed by atoms with van der Waals surface area (Å²) in [7, 11) is 0. The Hall–Kier alpha value is -1.46. The van der Waals surface area contributed by atoms with Crippen LogP contribution in [0.15, 0.2) is 35.8 Å². The molecule has 3 heterocycles. The Morgan fingerprint density at radius 1 is 1.35 bits per heavy atom. The van der Waals surface area contributed by atoms with Crippen LogP contribution in [0, 0.1) is 0 Å². The van der Waals surface area contributed by atoms with Crippen LogP contribution in [0.2, 0.25) is 0 Å². The number of anilines is 1. The minimum Gasteiger partial charge on any atom is -0.354 e. The molecule has 0 aliphatic carbocycles. The summed E-state index contributed by atoms with van der Waals surface area (Å²) in [6.45, 7) is 3.17. The molecule has 1 saturated heterocycles. The second-order valence-corrected chi connectivity index (χ2v) is 6.18. The van der Waals surface area contributed by atoms with Gasteiger partial charge in [0.25, 0.3) is 0 Å². The first-order chi connectivity index (χ1) is 9.92. The highest BCUT2D eigenvalue weighted by Gasteiger charge is 2.20. The number of aromatic nitrogens is 2. The third-order valence-corrected chi connectivity index (χ3v) is 4.62. The highest BCUT2D eigenvalue weighted by molar-refractivity contribution is 7.09. The summed E-state index contributed by atoms with van der Waals surface area (Å²) in [5, 5.41) is 14.0. The fraction of sp³-hybridized carbons (Fsp3) is 0.467. The number of hydrogen-bond donors (Lipinski definition) is 1. The lowest BCUT2D eigenvalue weighted by atomic mass is 10.1. The number of thiophene rings is 1. The zero-order valence-electron chi connectivity index (χ0n) is 11.5. The fourth-order valence-corrected chi connectivity index (χ4v) is 3.38. The van der Waals surface area contributed by atoms with E-state index in [0.717, 1.165) is 31.9 Å². The molecule has 0 unspecified atom stereocenters. The number of piperidine rings is 1. The van der Waals surface area contributed by atoms with E-state index >= 15 is 0 Å². The molecule has 0 saturated carbocycles. The molecule has 3 rings (SSSR count). The molecular formula is C15H20N4S. The third kappa shape index (κ3) is 3.55. The summed E-state index contributed by atoms with van der Waals surface area (Å²) in [4.78, 5) is 3.79. The van der Waals surface area contributed by atoms with Gasteiger partial charge in [-0.25, -0.2) is 0 Å². The summed E-state index contributed by atoms with van der Waals surface area (Å²) in [6.07, 6.45) is 5.32. The van der Waals surface area contributed by atoms with Crippen LogP contribution >= 0.6 is 11.3 Å². The van der Waals surface area contributed by atoms with Crippen LogP contribution in [0.3, 0.4) is 0 Å². The average Bonchev–Trinajstić information content (AvgIpc) is 3.02. The molecule has 1 atom stereocenters. The Bertz CT molecular complexity index is 500. The minimum absolute atomic E-state index is 0.561. The molecule has 1 aliphatic heterocycles. The Morgan fingerprint density at radius 2 is 2.35 bits per heavy atom. The van der Waals surface area contributed by atoms with Gasteiger partial charge in [-0.15, -0.1) is 16.4 Å². The summed E-state index contributed by atoms with van der Waals surface area (Å²) in [5.74, 6) is 0.997. The Labute approximate surface area is 123 Å². The lowest BCUT2D eigenvalue weighted by Crippen LogP contribution is -2.46. The monoisotopic (exact) mass is 288 g/mol. The summed E-state index contributed by atoms with van der Waals surface area (Å²) in [5.41, 5.74) is 0. The van der Waals surface area contributed by atoms with Gasteiger partial charge in [0.05, 0.1) is 0 Å². The van der Waals surface area contributed by atoms with Crippen molar-refractivity contribution >= 4 is 17.2 Å². The number of rotatable bonds is 5. The lowest BCUT2D eigenvalue weighted by Gasteiger charge is -2.33. The topological polar surface area (TPSA) is 41.1 Å². The van der Waals surface area contributed by atoms with Crippen LogP contribution in [0.1, 0.15) is 17.7 Å². The summed E-state index contributed by atoms with van der Waals surface area (Å²) in [6, 6.07) is 8.89. The van der Waals surface area contributed by atoms with E-state index in [1.807, 2.05) is 23.5 Å². The van der Waals surface area contributed by atoms with Crippen molar-refractivity contribution in [3.8, 4) is 0 Å². The zero-order valence-corrected chi connectivity index (χ0v) is 12.4. The SMILES string of the molecule is c1cnnc(N2CCC[C@H](NCCc3cccs3)C2)c1. The minimum atomic E-state index is 0.561. The lowest BCUT2D eigenvalue weighted by molar-refractivity contribution is 0.423. The predicted octanol–water partition coefficient (Wildman–Crippen LogP) is 2.34. The predicted molar refractivity (Wildman–Crippen MR) is 83.3 cm³/mol. The van der Waals surface area contributed by atoms with Crippen LogP contribution < -0.4 is 10.2 Å². The Morgan fingerprint density at radius 3 is 3.15 bits per heavy atom. The third-order valence-electron chi connectivity index (χ3n) is 3.69. The summed E-state index contributed by atoms with van der Waals surface area (Å²) < 4.78 is 0. The van der Waals surface area contributed by atoms with Crippen LogP contribution in [0.25, 0.3) is 0 Å².